The Bertz CT molecular complexity index is 578. The zero-order chi connectivity index (χ0) is 17.6. The Morgan fingerprint density at radius 3 is 2.84 bits per heavy atom. The molecule has 1 saturated heterocycles. The number of halogens is 1. The number of carbonyl (C=O) groups is 1. The van der Waals surface area contributed by atoms with Crippen LogP contribution in [0.5, 0.6) is 0 Å². The molecule has 0 bridgehead atoms. The van der Waals surface area contributed by atoms with Crippen LogP contribution < -0.4 is 11.1 Å². The minimum absolute atomic E-state index is 0.0997. The van der Waals surface area contributed by atoms with Gasteiger partial charge in [0.15, 0.2) is 0 Å². The normalized spacial score (nSPS) is 25.7. The lowest BCUT2D eigenvalue weighted by atomic mass is 9.99. The molecule has 6 heteroatoms. The van der Waals surface area contributed by atoms with Crippen LogP contribution in [0.15, 0.2) is 24.3 Å². The molecule has 3 rings (SSSR count). The van der Waals surface area contributed by atoms with Gasteiger partial charge in [-0.2, -0.15) is 0 Å². The molecule has 2 aliphatic rings. The van der Waals surface area contributed by atoms with E-state index in [1.54, 1.807) is 0 Å². The van der Waals surface area contributed by atoms with Gasteiger partial charge in [-0.1, -0.05) is 30.2 Å². The highest BCUT2D eigenvalue weighted by Crippen LogP contribution is 2.27. The van der Waals surface area contributed by atoms with Crippen LogP contribution in [0.1, 0.15) is 37.3 Å². The first-order valence-corrected chi connectivity index (χ1v) is 9.61. The number of nitrogens with zero attached hydrogens (tertiary/aromatic N) is 1. The first-order valence-electron chi connectivity index (χ1n) is 9.23. The Morgan fingerprint density at radius 1 is 1.36 bits per heavy atom. The van der Waals surface area contributed by atoms with Crippen molar-refractivity contribution in [3.05, 3.63) is 34.9 Å². The predicted molar refractivity (Wildman–Crippen MR) is 99.5 cm³/mol. The maximum Gasteiger partial charge on any atom is 0.220 e. The van der Waals surface area contributed by atoms with Gasteiger partial charge in [0.1, 0.15) is 0 Å². The highest BCUT2D eigenvalue weighted by atomic mass is 35.5. The molecular formula is C19H28ClN3O2. The van der Waals surface area contributed by atoms with Crippen LogP contribution in [0.25, 0.3) is 0 Å². The molecule has 0 aromatic heterocycles. The molecule has 1 amide bonds. The van der Waals surface area contributed by atoms with E-state index in [0.29, 0.717) is 18.9 Å². The molecule has 5 nitrogen and oxygen atoms in total. The molecule has 1 aliphatic heterocycles. The highest BCUT2D eigenvalue weighted by molar-refractivity contribution is 6.30. The van der Waals surface area contributed by atoms with Gasteiger partial charge in [0, 0.05) is 37.1 Å². The summed E-state index contributed by atoms with van der Waals surface area (Å²) in [5.74, 6) is 0.427. The Morgan fingerprint density at radius 2 is 2.16 bits per heavy atom. The van der Waals surface area contributed by atoms with Crippen LogP contribution in [0.4, 0.5) is 0 Å². The summed E-state index contributed by atoms with van der Waals surface area (Å²) < 4.78 is 5.47. The summed E-state index contributed by atoms with van der Waals surface area (Å²) in [4.78, 5) is 14.8. The van der Waals surface area contributed by atoms with Crippen molar-refractivity contribution < 1.29 is 9.53 Å². The van der Waals surface area contributed by atoms with Gasteiger partial charge in [-0.3, -0.25) is 9.69 Å². The number of ether oxygens (including phenoxy) is 1. The van der Waals surface area contributed by atoms with Gasteiger partial charge in [0.25, 0.3) is 0 Å². The summed E-state index contributed by atoms with van der Waals surface area (Å²) in [6, 6.07) is 8.19. The number of benzene rings is 1. The standard InChI is InChI=1S/C19H28ClN3O2/c20-16-5-1-4-15(11-16)18(23-7-9-25-10-8-23)13-22-19(24)12-14-3-2-6-17(14)21/h1,4-5,11,14,17-18H,2-3,6-10,12-13,21H2,(H,22,24)/t14-,17+,18?/m0/s1. The number of nitrogens with one attached hydrogen (secondary N) is 1. The van der Waals surface area contributed by atoms with Crippen LogP contribution in [0.3, 0.4) is 0 Å². The van der Waals surface area contributed by atoms with Crippen LogP contribution in [0.2, 0.25) is 5.02 Å². The molecule has 1 saturated carbocycles. The second kappa shape index (κ2) is 8.99. The number of carbonyl (C=O) groups excluding carboxylic acids is 1. The fraction of sp³-hybridized carbons (Fsp3) is 0.632. The van der Waals surface area contributed by atoms with Gasteiger partial charge in [-0.05, 0) is 36.5 Å². The van der Waals surface area contributed by atoms with Gasteiger partial charge in [0.2, 0.25) is 5.91 Å². The summed E-state index contributed by atoms with van der Waals surface area (Å²) in [6.07, 6.45) is 3.78. The largest absolute Gasteiger partial charge is 0.379 e. The topological polar surface area (TPSA) is 67.6 Å². The lowest BCUT2D eigenvalue weighted by Crippen LogP contribution is -2.44. The van der Waals surface area contributed by atoms with E-state index in [9.17, 15) is 4.79 Å². The fourth-order valence-corrected chi connectivity index (χ4v) is 4.10. The van der Waals surface area contributed by atoms with Crippen LogP contribution in [-0.4, -0.2) is 49.7 Å². The Kier molecular flexibility index (Phi) is 6.70. The average molecular weight is 366 g/mol. The number of hydrogen-bond donors (Lipinski definition) is 2. The molecule has 25 heavy (non-hydrogen) atoms. The van der Waals surface area contributed by atoms with Crippen molar-refractivity contribution in [2.45, 2.75) is 37.8 Å². The van der Waals surface area contributed by atoms with E-state index in [1.165, 1.54) is 0 Å². The Hall–Kier alpha value is -1.14. The molecule has 0 spiro atoms. The number of hydrogen-bond acceptors (Lipinski definition) is 4. The number of morpholine rings is 1. The summed E-state index contributed by atoms with van der Waals surface area (Å²) in [7, 11) is 0. The van der Waals surface area contributed by atoms with Crippen molar-refractivity contribution in [2.24, 2.45) is 11.7 Å². The molecular weight excluding hydrogens is 338 g/mol. The lowest BCUT2D eigenvalue weighted by Gasteiger charge is -2.35. The molecule has 0 radical (unpaired) electrons. The Labute approximate surface area is 154 Å². The van der Waals surface area contributed by atoms with Crippen molar-refractivity contribution in [1.82, 2.24) is 10.2 Å². The van der Waals surface area contributed by atoms with Crippen molar-refractivity contribution in [1.29, 1.82) is 0 Å². The zero-order valence-corrected chi connectivity index (χ0v) is 15.4. The molecule has 3 N–H and O–H groups in total. The summed E-state index contributed by atoms with van der Waals surface area (Å²) in [5, 5.41) is 3.85. The number of rotatable bonds is 6. The van der Waals surface area contributed by atoms with E-state index in [0.717, 1.165) is 56.2 Å². The average Bonchev–Trinajstić information content (AvgIpc) is 3.01. The summed E-state index contributed by atoms with van der Waals surface area (Å²) in [6.45, 7) is 3.76. The van der Waals surface area contributed by atoms with Gasteiger partial charge in [-0.25, -0.2) is 0 Å². The fourth-order valence-electron chi connectivity index (χ4n) is 3.90. The molecule has 3 atom stereocenters. The second-order valence-electron chi connectivity index (χ2n) is 7.08. The maximum absolute atomic E-state index is 12.4. The van der Waals surface area contributed by atoms with Crippen molar-refractivity contribution >= 4 is 17.5 Å². The van der Waals surface area contributed by atoms with Gasteiger partial charge in [0.05, 0.1) is 19.3 Å². The predicted octanol–water partition coefficient (Wildman–Crippen LogP) is 2.35. The van der Waals surface area contributed by atoms with E-state index in [2.05, 4.69) is 16.3 Å². The van der Waals surface area contributed by atoms with E-state index in [1.807, 2.05) is 18.2 Å². The highest BCUT2D eigenvalue weighted by Gasteiger charge is 2.27. The van der Waals surface area contributed by atoms with Crippen molar-refractivity contribution in [3.8, 4) is 0 Å². The maximum atomic E-state index is 12.4. The van der Waals surface area contributed by atoms with Crippen LogP contribution >= 0.6 is 11.6 Å². The smallest absolute Gasteiger partial charge is 0.220 e. The number of amides is 1. The third kappa shape index (κ3) is 5.17. The van der Waals surface area contributed by atoms with E-state index >= 15 is 0 Å². The second-order valence-corrected chi connectivity index (χ2v) is 7.52. The Balaban J connectivity index is 1.62. The minimum atomic E-state index is 0.0997. The summed E-state index contributed by atoms with van der Waals surface area (Å²) >= 11 is 6.18. The third-order valence-corrected chi connectivity index (χ3v) is 5.61. The third-order valence-electron chi connectivity index (χ3n) is 5.38. The van der Waals surface area contributed by atoms with Gasteiger partial charge >= 0.3 is 0 Å². The van der Waals surface area contributed by atoms with Gasteiger partial charge < -0.3 is 15.8 Å². The molecule has 1 unspecified atom stereocenters. The first-order chi connectivity index (χ1) is 12.1. The lowest BCUT2D eigenvalue weighted by molar-refractivity contribution is -0.122. The molecule has 1 aromatic rings. The van der Waals surface area contributed by atoms with Crippen LogP contribution in [-0.2, 0) is 9.53 Å². The van der Waals surface area contributed by atoms with Crippen molar-refractivity contribution in [2.75, 3.05) is 32.8 Å². The molecule has 1 aliphatic carbocycles. The monoisotopic (exact) mass is 365 g/mol. The molecule has 2 fully saturated rings. The SMILES string of the molecule is N[C@@H]1CCC[C@H]1CC(=O)NCC(c1cccc(Cl)c1)N1CCOCC1. The number of nitrogens with two attached hydrogens (primary N) is 1. The molecule has 138 valence electrons. The van der Waals surface area contributed by atoms with Crippen LogP contribution in [0, 0.1) is 5.92 Å². The van der Waals surface area contributed by atoms with E-state index in [4.69, 9.17) is 22.1 Å². The van der Waals surface area contributed by atoms with Crippen molar-refractivity contribution in [3.63, 3.8) is 0 Å². The summed E-state index contributed by atoms with van der Waals surface area (Å²) in [5.41, 5.74) is 7.22. The molecule has 1 heterocycles. The minimum Gasteiger partial charge on any atom is -0.379 e. The molecule has 1 aromatic carbocycles. The first kappa shape index (κ1) is 18.6. The van der Waals surface area contributed by atoms with E-state index < -0.39 is 0 Å². The van der Waals surface area contributed by atoms with Gasteiger partial charge in [-0.15, -0.1) is 0 Å². The zero-order valence-electron chi connectivity index (χ0n) is 14.6. The van der Waals surface area contributed by atoms with E-state index in [-0.39, 0.29) is 18.0 Å². The quantitative estimate of drug-likeness (QED) is 0.812.